The number of amides is 1. The number of ether oxygens (including phenoxy) is 2. The molecule has 1 N–H and O–H groups in total. The smallest absolute Gasteiger partial charge is 0.246 e. The number of pyridine rings is 1. The van der Waals surface area contributed by atoms with E-state index in [1.165, 1.54) is 12.7 Å². The largest absolute Gasteiger partial charge is 0.487 e. The zero-order chi connectivity index (χ0) is 15.4. The molecule has 114 valence electrons. The van der Waals surface area contributed by atoms with E-state index in [4.69, 9.17) is 9.47 Å². The summed E-state index contributed by atoms with van der Waals surface area (Å²) in [7, 11) is 1.50. The van der Waals surface area contributed by atoms with Crippen LogP contribution in [0.2, 0.25) is 0 Å². The van der Waals surface area contributed by atoms with Crippen LogP contribution in [0.5, 0.6) is 5.75 Å². The van der Waals surface area contributed by atoms with Crippen molar-refractivity contribution in [2.24, 2.45) is 0 Å². The monoisotopic (exact) mass is 298 g/mol. The lowest BCUT2D eigenvalue weighted by Gasteiger charge is -2.13. The number of nitrogens with one attached hydrogen (secondary N) is 1. The van der Waals surface area contributed by atoms with Crippen molar-refractivity contribution in [1.29, 1.82) is 0 Å². The van der Waals surface area contributed by atoms with Crippen LogP contribution in [0.15, 0.2) is 42.7 Å². The summed E-state index contributed by atoms with van der Waals surface area (Å²) in [6, 6.07) is 10.1. The van der Waals surface area contributed by atoms with Gasteiger partial charge in [-0.15, -0.1) is 0 Å². The first-order chi connectivity index (χ1) is 10.8. The van der Waals surface area contributed by atoms with E-state index in [2.05, 4.69) is 16.4 Å². The van der Waals surface area contributed by atoms with E-state index in [0.29, 0.717) is 6.54 Å². The first-order valence-corrected chi connectivity index (χ1v) is 7.22. The van der Waals surface area contributed by atoms with Gasteiger partial charge in [-0.2, -0.15) is 0 Å². The van der Waals surface area contributed by atoms with E-state index in [9.17, 15) is 4.79 Å². The van der Waals surface area contributed by atoms with Crippen molar-refractivity contribution in [2.75, 3.05) is 20.3 Å². The van der Waals surface area contributed by atoms with E-state index < -0.39 is 0 Å². The van der Waals surface area contributed by atoms with Crippen LogP contribution in [-0.2, 0) is 16.0 Å². The molecule has 1 amide bonds. The summed E-state index contributed by atoms with van der Waals surface area (Å²) in [4.78, 5) is 15.5. The van der Waals surface area contributed by atoms with Crippen molar-refractivity contribution in [3.8, 4) is 16.9 Å². The number of methoxy groups -OCH3 is 1. The van der Waals surface area contributed by atoms with E-state index >= 15 is 0 Å². The number of carbonyl (C=O) groups is 1. The molecule has 0 aliphatic carbocycles. The Labute approximate surface area is 129 Å². The number of benzene rings is 1. The predicted octanol–water partition coefficient (Wildman–Crippen LogP) is 1.81. The van der Waals surface area contributed by atoms with E-state index in [-0.39, 0.29) is 18.6 Å². The van der Waals surface area contributed by atoms with E-state index in [1.54, 1.807) is 12.4 Å². The van der Waals surface area contributed by atoms with Crippen molar-refractivity contribution < 1.29 is 14.3 Å². The average Bonchev–Trinajstić information content (AvgIpc) is 2.97. The first-order valence-electron chi connectivity index (χ1n) is 7.22. The summed E-state index contributed by atoms with van der Waals surface area (Å²) < 4.78 is 10.8. The van der Waals surface area contributed by atoms with Crippen LogP contribution in [0.3, 0.4) is 0 Å². The van der Waals surface area contributed by atoms with Gasteiger partial charge in [-0.3, -0.25) is 9.78 Å². The summed E-state index contributed by atoms with van der Waals surface area (Å²) in [5.41, 5.74) is 3.31. The Morgan fingerprint density at radius 3 is 2.95 bits per heavy atom. The van der Waals surface area contributed by atoms with Crippen LogP contribution < -0.4 is 10.1 Å². The highest BCUT2D eigenvalue weighted by Crippen LogP contribution is 2.38. The molecule has 0 spiro atoms. The van der Waals surface area contributed by atoms with Crippen molar-refractivity contribution in [1.82, 2.24) is 10.3 Å². The van der Waals surface area contributed by atoms with Crippen molar-refractivity contribution in [3.63, 3.8) is 0 Å². The molecule has 1 aliphatic heterocycles. The lowest BCUT2D eigenvalue weighted by atomic mass is 10.0. The van der Waals surface area contributed by atoms with Crippen molar-refractivity contribution >= 4 is 5.91 Å². The SMILES string of the molecule is COCC(=O)NC[C@@H]1Cc2cccc(-c3ccncc3)c2O1. The highest BCUT2D eigenvalue weighted by Gasteiger charge is 2.25. The van der Waals surface area contributed by atoms with Crippen LogP contribution in [-0.4, -0.2) is 37.3 Å². The molecule has 22 heavy (non-hydrogen) atoms. The Hall–Kier alpha value is -2.40. The van der Waals surface area contributed by atoms with Gasteiger partial charge in [0.15, 0.2) is 0 Å². The normalized spacial score (nSPS) is 16.0. The molecular weight excluding hydrogens is 280 g/mol. The Balaban J connectivity index is 1.72. The molecule has 0 bridgehead atoms. The highest BCUT2D eigenvalue weighted by atomic mass is 16.5. The Morgan fingerprint density at radius 2 is 2.18 bits per heavy atom. The van der Waals surface area contributed by atoms with Gasteiger partial charge in [-0.05, 0) is 23.3 Å². The summed E-state index contributed by atoms with van der Waals surface area (Å²) in [6.45, 7) is 0.550. The molecule has 1 aromatic carbocycles. The van der Waals surface area contributed by atoms with Gasteiger partial charge < -0.3 is 14.8 Å². The third-order valence-electron chi connectivity index (χ3n) is 3.62. The third-order valence-corrected chi connectivity index (χ3v) is 3.62. The average molecular weight is 298 g/mol. The van der Waals surface area contributed by atoms with Crippen LogP contribution >= 0.6 is 0 Å². The quantitative estimate of drug-likeness (QED) is 0.914. The second-order valence-corrected chi connectivity index (χ2v) is 5.21. The number of nitrogens with zero attached hydrogens (tertiary/aromatic N) is 1. The van der Waals surface area contributed by atoms with Crippen LogP contribution in [0, 0.1) is 0 Å². The Kier molecular flexibility index (Phi) is 4.34. The fourth-order valence-electron chi connectivity index (χ4n) is 2.62. The molecule has 2 aromatic rings. The van der Waals surface area contributed by atoms with Gasteiger partial charge in [-0.1, -0.05) is 18.2 Å². The maximum atomic E-state index is 11.5. The van der Waals surface area contributed by atoms with Crippen LogP contribution in [0.4, 0.5) is 0 Å². The van der Waals surface area contributed by atoms with Gasteiger partial charge in [-0.25, -0.2) is 0 Å². The molecule has 5 heteroatoms. The van der Waals surface area contributed by atoms with Gasteiger partial charge in [0.2, 0.25) is 5.91 Å². The molecule has 0 saturated carbocycles. The van der Waals surface area contributed by atoms with E-state index in [0.717, 1.165) is 23.3 Å². The number of aromatic nitrogens is 1. The molecule has 1 aromatic heterocycles. The van der Waals surface area contributed by atoms with Gasteiger partial charge in [0, 0.05) is 31.5 Å². The molecule has 0 unspecified atom stereocenters. The van der Waals surface area contributed by atoms with E-state index in [1.807, 2.05) is 24.3 Å². The maximum absolute atomic E-state index is 11.5. The molecule has 0 radical (unpaired) electrons. The first kappa shape index (κ1) is 14.5. The molecule has 1 aliphatic rings. The zero-order valence-corrected chi connectivity index (χ0v) is 12.4. The number of hydrogen-bond donors (Lipinski definition) is 1. The fraction of sp³-hybridized carbons (Fsp3) is 0.294. The standard InChI is InChI=1S/C17H18N2O3/c1-21-11-16(20)19-10-14-9-13-3-2-4-15(17(13)22-14)12-5-7-18-8-6-12/h2-8,14H,9-11H2,1H3,(H,19,20)/t14-/m0/s1. The topological polar surface area (TPSA) is 60.5 Å². The Bertz CT molecular complexity index is 658. The fourth-order valence-corrected chi connectivity index (χ4v) is 2.62. The van der Waals surface area contributed by atoms with Crippen molar-refractivity contribution in [2.45, 2.75) is 12.5 Å². The number of carbonyl (C=O) groups excluding carboxylic acids is 1. The summed E-state index contributed by atoms with van der Waals surface area (Å²) in [6.07, 6.45) is 4.29. The summed E-state index contributed by atoms with van der Waals surface area (Å²) in [5.74, 6) is 0.774. The molecule has 3 rings (SSSR count). The molecule has 0 saturated heterocycles. The molecule has 0 fully saturated rings. The minimum absolute atomic E-state index is 0.0428. The zero-order valence-electron chi connectivity index (χ0n) is 12.4. The lowest BCUT2D eigenvalue weighted by Crippen LogP contribution is -2.36. The number of fused-ring (bicyclic) bond motifs is 1. The molecular formula is C17H18N2O3. The lowest BCUT2D eigenvalue weighted by molar-refractivity contribution is -0.125. The Morgan fingerprint density at radius 1 is 1.36 bits per heavy atom. The number of rotatable bonds is 5. The number of para-hydroxylation sites is 1. The molecule has 5 nitrogen and oxygen atoms in total. The van der Waals surface area contributed by atoms with Crippen molar-refractivity contribution in [3.05, 3.63) is 48.3 Å². The van der Waals surface area contributed by atoms with Crippen LogP contribution in [0.1, 0.15) is 5.56 Å². The molecule has 2 heterocycles. The van der Waals surface area contributed by atoms with Gasteiger partial charge in [0.05, 0.1) is 6.54 Å². The second kappa shape index (κ2) is 6.58. The summed E-state index contributed by atoms with van der Waals surface area (Å²) in [5, 5.41) is 2.82. The summed E-state index contributed by atoms with van der Waals surface area (Å²) >= 11 is 0. The van der Waals surface area contributed by atoms with Gasteiger partial charge in [0.1, 0.15) is 18.5 Å². The minimum atomic E-state index is -0.128. The minimum Gasteiger partial charge on any atom is -0.487 e. The highest BCUT2D eigenvalue weighted by molar-refractivity contribution is 5.77. The third kappa shape index (κ3) is 3.09. The second-order valence-electron chi connectivity index (χ2n) is 5.21. The van der Waals surface area contributed by atoms with Gasteiger partial charge >= 0.3 is 0 Å². The van der Waals surface area contributed by atoms with Crippen LogP contribution in [0.25, 0.3) is 11.1 Å². The number of hydrogen-bond acceptors (Lipinski definition) is 4. The predicted molar refractivity (Wildman–Crippen MR) is 82.7 cm³/mol. The van der Waals surface area contributed by atoms with Gasteiger partial charge in [0.25, 0.3) is 0 Å². The molecule has 1 atom stereocenters. The maximum Gasteiger partial charge on any atom is 0.246 e.